The summed E-state index contributed by atoms with van der Waals surface area (Å²) in [4.78, 5) is 0. The molecule has 0 bridgehead atoms. The second-order valence-electron chi connectivity index (χ2n) is 4.26. The second kappa shape index (κ2) is 5.31. The van der Waals surface area contributed by atoms with Crippen molar-refractivity contribution in [1.29, 1.82) is 0 Å². The van der Waals surface area contributed by atoms with Gasteiger partial charge in [-0.3, -0.25) is 0 Å². The van der Waals surface area contributed by atoms with Crippen molar-refractivity contribution in [3.63, 3.8) is 0 Å². The third-order valence-corrected chi connectivity index (χ3v) is 3.77. The van der Waals surface area contributed by atoms with E-state index in [-0.39, 0.29) is 0 Å². The average Bonchev–Trinajstić information content (AvgIpc) is 2.81. The van der Waals surface area contributed by atoms with Crippen LogP contribution in [0.1, 0.15) is 0 Å². The first-order valence-electron chi connectivity index (χ1n) is 5.93. The van der Waals surface area contributed by atoms with Crippen molar-refractivity contribution in [3.05, 3.63) is 58.0 Å². The summed E-state index contributed by atoms with van der Waals surface area (Å²) in [5.74, 6) is 0.921. The first-order valence-corrected chi connectivity index (χ1v) is 7.10. The van der Waals surface area contributed by atoms with Gasteiger partial charge in [-0.15, -0.1) is 0 Å². The molecule has 20 heavy (non-hydrogen) atoms. The van der Waals surface area contributed by atoms with Crippen molar-refractivity contribution in [1.82, 2.24) is 5.16 Å². The van der Waals surface area contributed by atoms with Crippen LogP contribution in [0.3, 0.4) is 0 Å². The van der Waals surface area contributed by atoms with Crippen molar-refractivity contribution in [2.24, 2.45) is 0 Å². The van der Waals surface area contributed by atoms with Gasteiger partial charge in [0.05, 0.1) is 10.6 Å². The standard InChI is InChI=1S/C15H10BrClN2O/c16-10-5-3-4-9(8-10)13-14(20-19-15(13)18)11-6-1-2-7-12(11)17/h1-8H,(H2,18,19). The van der Waals surface area contributed by atoms with Crippen molar-refractivity contribution in [3.8, 4) is 22.5 Å². The lowest BCUT2D eigenvalue weighted by atomic mass is 10.0. The molecule has 3 aromatic rings. The predicted molar refractivity (Wildman–Crippen MR) is 84.5 cm³/mol. The lowest BCUT2D eigenvalue weighted by Gasteiger charge is -2.05. The van der Waals surface area contributed by atoms with E-state index in [9.17, 15) is 0 Å². The highest BCUT2D eigenvalue weighted by Crippen LogP contribution is 2.39. The molecule has 1 heterocycles. The van der Waals surface area contributed by atoms with Crippen LogP contribution in [0.4, 0.5) is 5.82 Å². The third-order valence-electron chi connectivity index (χ3n) is 2.95. The van der Waals surface area contributed by atoms with Crippen molar-refractivity contribution < 1.29 is 4.52 Å². The van der Waals surface area contributed by atoms with Crippen LogP contribution in [0.25, 0.3) is 22.5 Å². The molecule has 0 amide bonds. The van der Waals surface area contributed by atoms with E-state index < -0.39 is 0 Å². The van der Waals surface area contributed by atoms with E-state index in [2.05, 4.69) is 21.1 Å². The van der Waals surface area contributed by atoms with Crippen LogP contribution >= 0.6 is 27.5 Å². The van der Waals surface area contributed by atoms with Gasteiger partial charge in [-0.2, -0.15) is 0 Å². The Morgan fingerprint density at radius 3 is 2.65 bits per heavy atom. The molecule has 0 atom stereocenters. The molecule has 0 aliphatic rings. The minimum absolute atomic E-state index is 0.345. The smallest absolute Gasteiger partial charge is 0.178 e. The summed E-state index contributed by atoms with van der Waals surface area (Å²) in [6, 6.07) is 15.2. The third kappa shape index (κ3) is 2.32. The number of anilines is 1. The summed E-state index contributed by atoms with van der Waals surface area (Å²) < 4.78 is 6.34. The molecule has 0 saturated heterocycles. The summed E-state index contributed by atoms with van der Waals surface area (Å²) in [5.41, 5.74) is 8.39. The Morgan fingerprint density at radius 2 is 1.90 bits per heavy atom. The maximum atomic E-state index is 6.22. The highest BCUT2D eigenvalue weighted by atomic mass is 79.9. The lowest BCUT2D eigenvalue weighted by molar-refractivity contribution is 0.436. The molecule has 1 aromatic heterocycles. The normalized spacial score (nSPS) is 10.7. The topological polar surface area (TPSA) is 52.0 Å². The molecule has 100 valence electrons. The van der Waals surface area contributed by atoms with Gasteiger partial charge in [0.15, 0.2) is 11.6 Å². The highest BCUT2D eigenvalue weighted by Gasteiger charge is 2.19. The number of benzene rings is 2. The molecule has 0 radical (unpaired) electrons. The zero-order valence-electron chi connectivity index (χ0n) is 10.3. The molecule has 2 N–H and O–H groups in total. The van der Waals surface area contributed by atoms with Crippen LogP contribution in [0.2, 0.25) is 5.02 Å². The van der Waals surface area contributed by atoms with E-state index in [0.717, 1.165) is 21.2 Å². The zero-order valence-corrected chi connectivity index (χ0v) is 12.6. The highest BCUT2D eigenvalue weighted by molar-refractivity contribution is 9.10. The van der Waals surface area contributed by atoms with Gasteiger partial charge in [-0.05, 0) is 29.8 Å². The SMILES string of the molecule is Nc1noc(-c2ccccc2Cl)c1-c1cccc(Br)c1. The number of halogens is 2. The molecule has 3 nitrogen and oxygen atoms in total. The number of aromatic nitrogens is 1. The number of rotatable bonds is 2. The van der Waals surface area contributed by atoms with Crippen molar-refractivity contribution in [2.45, 2.75) is 0 Å². The Hall–Kier alpha value is -1.78. The second-order valence-corrected chi connectivity index (χ2v) is 5.59. The van der Waals surface area contributed by atoms with Crippen LogP contribution < -0.4 is 5.73 Å². The first kappa shape index (κ1) is 13.2. The minimum Gasteiger partial charge on any atom is -0.380 e. The number of nitrogen functional groups attached to an aromatic ring is 1. The molecule has 0 aliphatic carbocycles. The molecule has 0 fully saturated rings. The lowest BCUT2D eigenvalue weighted by Crippen LogP contribution is -1.89. The van der Waals surface area contributed by atoms with Crippen molar-refractivity contribution in [2.75, 3.05) is 5.73 Å². The van der Waals surface area contributed by atoms with E-state index in [1.165, 1.54) is 0 Å². The molecular formula is C15H10BrClN2O. The van der Waals surface area contributed by atoms with Gasteiger partial charge in [0.25, 0.3) is 0 Å². The summed E-state index contributed by atoms with van der Waals surface area (Å²) in [6.07, 6.45) is 0. The molecular weight excluding hydrogens is 340 g/mol. The Balaban J connectivity index is 2.23. The summed E-state index contributed by atoms with van der Waals surface area (Å²) >= 11 is 9.67. The fraction of sp³-hybridized carbons (Fsp3) is 0. The molecule has 0 aliphatic heterocycles. The first-order chi connectivity index (χ1) is 9.66. The predicted octanol–water partition coefficient (Wildman–Crippen LogP) is 5.01. The molecule has 0 unspecified atom stereocenters. The molecule has 2 aromatic carbocycles. The maximum absolute atomic E-state index is 6.22. The van der Waals surface area contributed by atoms with Gasteiger partial charge in [0.2, 0.25) is 0 Å². The van der Waals surface area contributed by atoms with E-state index in [1.54, 1.807) is 6.07 Å². The zero-order chi connectivity index (χ0) is 14.1. The molecule has 5 heteroatoms. The summed E-state index contributed by atoms with van der Waals surface area (Å²) in [6.45, 7) is 0. The fourth-order valence-electron chi connectivity index (χ4n) is 2.05. The van der Waals surface area contributed by atoms with E-state index in [0.29, 0.717) is 16.6 Å². The fourth-order valence-corrected chi connectivity index (χ4v) is 2.68. The quantitative estimate of drug-likeness (QED) is 0.708. The largest absolute Gasteiger partial charge is 0.380 e. The monoisotopic (exact) mass is 348 g/mol. The average molecular weight is 350 g/mol. The Labute approximate surface area is 129 Å². The van der Waals surface area contributed by atoms with Crippen LogP contribution in [-0.4, -0.2) is 5.16 Å². The number of nitrogens with zero attached hydrogens (tertiary/aromatic N) is 1. The molecule has 0 saturated carbocycles. The van der Waals surface area contributed by atoms with Gasteiger partial charge in [-0.1, -0.05) is 57.0 Å². The van der Waals surface area contributed by atoms with Gasteiger partial charge >= 0.3 is 0 Å². The summed E-state index contributed by atoms with van der Waals surface area (Å²) in [5, 5.41) is 4.47. The summed E-state index contributed by atoms with van der Waals surface area (Å²) in [7, 11) is 0. The van der Waals surface area contributed by atoms with E-state index in [4.69, 9.17) is 21.9 Å². The van der Waals surface area contributed by atoms with Crippen molar-refractivity contribution >= 4 is 33.3 Å². The number of hydrogen-bond donors (Lipinski definition) is 1. The Morgan fingerprint density at radius 1 is 1.10 bits per heavy atom. The Kier molecular flexibility index (Phi) is 3.51. The molecule has 0 spiro atoms. The van der Waals surface area contributed by atoms with Crippen LogP contribution in [0.5, 0.6) is 0 Å². The van der Waals surface area contributed by atoms with E-state index >= 15 is 0 Å². The number of hydrogen-bond acceptors (Lipinski definition) is 3. The van der Waals surface area contributed by atoms with Gasteiger partial charge in [0, 0.05) is 10.0 Å². The van der Waals surface area contributed by atoms with Crippen LogP contribution in [0.15, 0.2) is 57.5 Å². The number of nitrogens with two attached hydrogens (primary N) is 1. The van der Waals surface area contributed by atoms with Gasteiger partial charge in [0.1, 0.15) is 0 Å². The van der Waals surface area contributed by atoms with Gasteiger partial charge in [-0.25, -0.2) is 0 Å². The minimum atomic E-state index is 0.345. The van der Waals surface area contributed by atoms with Gasteiger partial charge < -0.3 is 10.3 Å². The van der Waals surface area contributed by atoms with E-state index in [1.807, 2.05) is 42.5 Å². The molecule has 3 rings (SSSR count). The Bertz CT molecular complexity index is 770. The van der Waals surface area contributed by atoms with Crippen LogP contribution in [0, 0.1) is 0 Å². The van der Waals surface area contributed by atoms with Crippen LogP contribution in [-0.2, 0) is 0 Å². The maximum Gasteiger partial charge on any atom is 0.178 e.